The maximum absolute atomic E-state index is 13.2. The first-order valence-corrected chi connectivity index (χ1v) is 6.17. The number of hydrogen-bond donors (Lipinski definition) is 1. The van der Waals surface area contributed by atoms with E-state index in [4.69, 9.17) is 15.7 Å². The van der Waals surface area contributed by atoms with Crippen LogP contribution in [0.5, 0.6) is 0 Å². The van der Waals surface area contributed by atoms with Crippen molar-refractivity contribution < 1.29 is 13.9 Å². The molecular formula is C14H13FN4O2. The zero-order valence-corrected chi connectivity index (χ0v) is 11.3. The third-order valence-corrected chi connectivity index (χ3v) is 2.81. The highest BCUT2D eigenvalue weighted by Gasteiger charge is 2.11. The van der Waals surface area contributed by atoms with E-state index >= 15 is 0 Å². The van der Waals surface area contributed by atoms with Crippen LogP contribution in [-0.4, -0.2) is 22.4 Å². The topological polar surface area (TPSA) is 93.9 Å². The van der Waals surface area contributed by atoms with Gasteiger partial charge in [-0.05, 0) is 30.7 Å². The van der Waals surface area contributed by atoms with E-state index in [0.29, 0.717) is 5.56 Å². The predicted octanol–water partition coefficient (Wildman–Crippen LogP) is 1.64. The lowest BCUT2D eigenvalue weighted by Crippen LogP contribution is -2.14. The number of esters is 1. The van der Waals surface area contributed by atoms with E-state index in [1.807, 2.05) is 6.07 Å². The van der Waals surface area contributed by atoms with Crippen molar-refractivity contribution in [3.8, 4) is 6.07 Å². The molecule has 0 aliphatic carbocycles. The van der Waals surface area contributed by atoms with Crippen LogP contribution in [0.1, 0.15) is 21.5 Å². The number of hydrogen-bond acceptors (Lipinski definition) is 5. The molecule has 0 fully saturated rings. The number of carbonyl (C=O) groups is 1. The zero-order chi connectivity index (χ0) is 15.4. The Hall–Kier alpha value is -2.88. The van der Waals surface area contributed by atoms with Gasteiger partial charge in [0.15, 0.2) is 0 Å². The van der Waals surface area contributed by atoms with Crippen molar-refractivity contribution in [3.63, 3.8) is 0 Å². The maximum Gasteiger partial charge on any atom is 0.338 e. The summed E-state index contributed by atoms with van der Waals surface area (Å²) < 4.78 is 19.6. The molecule has 0 aliphatic heterocycles. The van der Waals surface area contributed by atoms with Gasteiger partial charge in [-0.25, -0.2) is 13.9 Å². The van der Waals surface area contributed by atoms with Crippen LogP contribution in [0.4, 0.5) is 10.2 Å². The van der Waals surface area contributed by atoms with Crippen molar-refractivity contribution in [1.29, 1.82) is 5.26 Å². The van der Waals surface area contributed by atoms with Gasteiger partial charge >= 0.3 is 5.97 Å². The first-order valence-electron chi connectivity index (χ1n) is 6.17. The summed E-state index contributed by atoms with van der Waals surface area (Å²) in [5, 5.41) is 12.6. The van der Waals surface area contributed by atoms with Crippen molar-refractivity contribution in [2.45, 2.75) is 13.5 Å². The van der Waals surface area contributed by atoms with Crippen LogP contribution in [0.3, 0.4) is 0 Å². The third-order valence-electron chi connectivity index (χ3n) is 2.81. The Balaban J connectivity index is 1.95. The molecule has 7 heteroatoms. The quantitative estimate of drug-likeness (QED) is 0.863. The fourth-order valence-electron chi connectivity index (χ4n) is 1.82. The third kappa shape index (κ3) is 3.36. The number of nitrogens with two attached hydrogens (primary N) is 1. The molecule has 0 amide bonds. The summed E-state index contributed by atoms with van der Waals surface area (Å²) in [5.41, 5.74) is 6.72. The molecule has 108 valence electrons. The lowest BCUT2D eigenvalue weighted by Gasteiger charge is -2.07. The normalized spacial score (nSPS) is 10.1. The molecule has 2 N–H and O–H groups in total. The number of nitrogen functional groups attached to an aromatic ring is 1. The van der Waals surface area contributed by atoms with Gasteiger partial charge in [-0.2, -0.15) is 10.4 Å². The molecule has 2 aromatic rings. The molecule has 2 rings (SSSR count). The fraction of sp³-hybridized carbons (Fsp3) is 0.214. The molecule has 0 unspecified atom stereocenters. The van der Waals surface area contributed by atoms with Crippen LogP contribution >= 0.6 is 0 Å². The first kappa shape index (κ1) is 14.5. The van der Waals surface area contributed by atoms with Gasteiger partial charge in [0.25, 0.3) is 0 Å². The largest absolute Gasteiger partial charge is 0.460 e. The van der Waals surface area contributed by atoms with Crippen LogP contribution in [-0.2, 0) is 11.3 Å². The highest BCUT2D eigenvalue weighted by Crippen LogP contribution is 2.11. The number of ether oxygens (including phenoxy) is 1. The van der Waals surface area contributed by atoms with E-state index < -0.39 is 11.8 Å². The molecule has 0 radical (unpaired) electrons. The summed E-state index contributed by atoms with van der Waals surface area (Å²) in [7, 11) is 0. The van der Waals surface area contributed by atoms with Crippen LogP contribution in [0.15, 0.2) is 24.4 Å². The van der Waals surface area contributed by atoms with Crippen molar-refractivity contribution >= 4 is 11.8 Å². The van der Waals surface area contributed by atoms with Gasteiger partial charge in [0.2, 0.25) is 0 Å². The lowest BCUT2D eigenvalue weighted by molar-refractivity contribution is 0.0487. The Morgan fingerprint density at radius 3 is 2.90 bits per heavy atom. The van der Waals surface area contributed by atoms with E-state index in [0.717, 1.165) is 6.07 Å². The summed E-state index contributed by atoms with van der Waals surface area (Å²) in [5.74, 6) is -0.893. The average molecular weight is 288 g/mol. The minimum atomic E-state index is -0.621. The van der Waals surface area contributed by atoms with Crippen LogP contribution in [0.2, 0.25) is 0 Å². The summed E-state index contributed by atoms with van der Waals surface area (Å²) in [6.45, 7) is 1.92. The standard InChI is InChI=1S/C14H13FN4O2/c1-9-4-10(6-12(15)5-9)14(20)21-3-2-19-13(17)11(7-16)8-18-19/h4-6,8H,2-3,17H2,1H3. The van der Waals surface area contributed by atoms with E-state index in [9.17, 15) is 9.18 Å². The monoisotopic (exact) mass is 288 g/mol. The van der Waals surface area contributed by atoms with Crippen LogP contribution in [0.25, 0.3) is 0 Å². The van der Waals surface area contributed by atoms with Crippen molar-refractivity contribution in [1.82, 2.24) is 9.78 Å². The number of anilines is 1. The molecular weight excluding hydrogens is 275 g/mol. The fourth-order valence-corrected chi connectivity index (χ4v) is 1.82. The van der Waals surface area contributed by atoms with E-state index in [-0.39, 0.29) is 30.1 Å². The summed E-state index contributed by atoms with van der Waals surface area (Å²) >= 11 is 0. The molecule has 0 aliphatic rings. The summed E-state index contributed by atoms with van der Waals surface area (Å²) in [6, 6.07) is 5.88. The second-order valence-electron chi connectivity index (χ2n) is 4.43. The van der Waals surface area contributed by atoms with Gasteiger partial charge < -0.3 is 10.5 Å². The van der Waals surface area contributed by atoms with Gasteiger partial charge in [0.05, 0.1) is 18.3 Å². The van der Waals surface area contributed by atoms with Crippen LogP contribution < -0.4 is 5.73 Å². The first-order chi connectivity index (χ1) is 10.0. The lowest BCUT2D eigenvalue weighted by atomic mass is 10.1. The number of nitrogens with zero attached hydrogens (tertiary/aromatic N) is 3. The van der Waals surface area contributed by atoms with E-state index in [1.54, 1.807) is 13.0 Å². The Kier molecular flexibility index (Phi) is 4.18. The minimum Gasteiger partial charge on any atom is -0.460 e. The molecule has 0 atom stereocenters. The smallest absolute Gasteiger partial charge is 0.338 e. The average Bonchev–Trinajstić information content (AvgIpc) is 2.78. The Bertz CT molecular complexity index is 698. The predicted molar refractivity (Wildman–Crippen MR) is 72.8 cm³/mol. The summed E-state index contributed by atoms with van der Waals surface area (Å²) in [6.07, 6.45) is 1.34. The molecule has 6 nitrogen and oxygen atoms in total. The van der Waals surface area contributed by atoms with Gasteiger partial charge in [-0.15, -0.1) is 0 Å². The van der Waals surface area contributed by atoms with Crippen molar-refractivity contribution in [3.05, 3.63) is 46.9 Å². The second kappa shape index (κ2) is 6.05. The minimum absolute atomic E-state index is 0.0190. The molecule has 0 bridgehead atoms. The van der Waals surface area contributed by atoms with Gasteiger partial charge in [0, 0.05) is 0 Å². The van der Waals surface area contributed by atoms with Gasteiger partial charge in [-0.1, -0.05) is 0 Å². The SMILES string of the molecule is Cc1cc(F)cc(C(=O)OCCn2ncc(C#N)c2N)c1. The Morgan fingerprint density at radius 2 is 2.29 bits per heavy atom. The number of carbonyl (C=O) groups excluding carboxylic acids is 1. The highest BCUT2D eigenvalue weighted by atomic mass is 19.1. The number of aromatic nitrogens is 2. The second-order valence-corrected chi connectivity index (χ2v) is 4.43. The van der Waals surface area contributed by atoms with Crippen molar-refractivity contribution in [2.24, 2.45) is 0 Å². The molecule has 21 heavy (non-hydrogen) atoms. The number of halogens is 1. The highest BCUT2D eigenvalue weighted by molar-refractivity contribution is 5.89. The molecule has 0 saturated carbocycles. The molecule has 0 spiro atoms. The molecule has 0 saturated heterocycles. The molecule has 1 aromatic heterocycles. The van der Waals surface area contributed by atoms with Gasteiger partial charge in [0.1, 0.15) is 29.9 Å². The van der Waals surface area contributed by atoms with Gasteiger partial charge in [-0.3, -0.25) is 0 Å². The number of nitriles is 1. The van der Waals surface area contributed by atoms with E-state index in [2.05, 4.69) is 5.10 Å². The van der Waals surface area contributed by atoms with E-state index in [1.165, 1.54) is 16.9 Å². The molecule has 1 aromatic carbocycles. The van der Waals surface area contributed by atoms with Crippen molar-refractivity contribution in [2.75, 3.05) is 12.3 Å². The Morgan fingerprint density at radius 1 is 1.52 bits per heavy atom. The number of aryl methyl sites for hydroxylation is 1. The summed E-state index contributed by atoms with van der Waals surface area (Å²) in [4.78, 5) is 11.8. The number of rotatable bonds is 4. The zero-order valence-electron chi connectivity index (χ0n) is 11.3. The number of benzene rings is 1. The maximum atomic E-state index is 13.2. The molecule has 1 heterocycles. The van der Waals surface area contributed by atoms with Crippen LogP contribution in [0, 0.1) is 24.1 Å². The Labute approximate surface area is 120 Å².